The highest BCUT2D eigenvalue weighted by Crippen LogP contribution is 2.10. The van der Waals surface area contributed by atoms with Gasteiger partial charge in [0.25, 0.3) is 0 Å². The quantitative estimate of drug-likeness (QED) is 0.713. The van der Waals surface area contributed by atoms with Gasteiger partial charge in [0.2, 0.25) is 0 Å². The minimum atomic E-state index is 0.719. The van der Waals surface area contributed by atoms with Gasteiger partial charge in [-0.25, -0.2) is 0 Å². The summed E-state index contributed by atoms with van der Waals surface area (Å²) in [5, 5.41) is 3.28. The number of nitrogens with one attached hydrogen (secondary N) is 1. The first-order chi connectivity index (χ1) is 8.72. The van der Waals surface area contributed by atoms with E-state index in [-0.39, 0.29) is 0 Å². The van der Waals surface area contributed by atoms with Crippen molar-refractivity contribution in [2.24, 2.45) is 5.92 Å². The Kier molecular flexibility index (Phi) is 7.38. The molecule has 1 rings (SSSR count). The Bertz CT molecular complexity index is 341. The van der Waals surface area contributed by atoms with E-state index in [1.54, 1.807) is 7.11 Å². The molecule has 0 amide bonds. The van der Waals surface area contributed by atoms with Gasteiger partial charge in [-0.15, -0.1) is 0 Å². The van der Waals surface area contributed by atoms with Crippen LogP contribution < -0.4 is 5.32 Å². The molecule has 0 saturated heterocycles. The molecule has 0 fully saturated rings. The van der Waals surface area contributed by atoms with Crippen molar-refractivity contribution in [2.45, 2.75) is 20.3 Å². The van der Waals surface area contributed by atoms with Gasteiger partial charge < -0.3 is 10.1 Å². The van der Waals surface area contributed by atoms with Crippen LogP contribution in [-0.4, -0.2) is 26.8 Å². The molecule has 0 atom stereocenters. The predicted molar refractivity (Wildman–Crippen MR) is 78.8 cm³/mol. The van der Waals surface area contributed by atoms with Crippen LogP contribution in [-0.2, 0) is 11.2 Å². The van der Waals surface area contributed by atoms with Crippen molar-refractivity contribution in [1.29, 1.82) is 0 Å². The molecule has 100 valence electrons. The van der Waals surface area contributed by atoms with Crippen molar-refractivity contribution < 1.29 is 4.74 Å². The standard InChI is InChI=1S/C16H25NO/c1-14(2)13-16-8-6-15(7-9-16)5-4-10-17-11-12-18-3/h4-9,14,17H,10-13H2,1-3H3. The van der Waals surface area contributed by atoms with Crippen LogP contribution in [0.3, 0.4) is 0 Å². The average Bonchev–Trinajstić information content (AvgIpc) is 2.35. The van der Waals surface area contributed by atoms with Crippen molar-refractivity contribution in [3.8, 4) is 0 Å². The lowest BCUT2D eigenvalue weighted by atomic mass is 10.0. The summed E-state index contributed by atoms with van der Waals surface area (Å²) < 4.78 is 4.96. The topological polar surface area (TPSA) is 21.3 Å². The number of benzene rings is 1. The number of hydrogen-bond donors (Lipinski definition) is 1. The Morgan fingerprint density at radius 2 is 1.94 bits per heavy atom. The van der Waals surface area contributed by atoms with Gasteiger partial charge in [0.15, 0.2) is 0 Å². The van der Waals surface area contributed by atoms with E-state index in [2.05, 4.69) is 55.6 Å². The highest BCUT2D eigenvalue weighted by Gasteiger charge is 1.96. The summed E-state index contributed by atoms with van der Waals surface area (Å²) in [5.41, 5.74) is 2.68. The van der Waals surface area contributed by atoms with Crippen LogP contribution in [0.4, 0.5) is 0 Å². The molecule has 1 aromatic rings. The molecule has 0 unspecified atom stereocenters. The number of rotatable bonds is 8. The maximum Gasteiger partial charge on any atom is 0.0587 e. The monoisotopic (exact) mass is 247 g/mol. The second-order valence-corrected chi connectivity index (χ2v) is 4.94. The normalized spacial score (nSPS) is 11.6. The summed E-state index contributed by atoms with van der Waals surface area (Å²) in [6.45, 7) is 7.04. The number of methoxy groups -OCH3 is 1. The van der Waals surface area contributed by atoms with Gasteiger partial charge >= 0.3 is 0 Å². The SMILES string of the molecule is COCCNCC=Cc1ccc(CC(C)C)cc1. The molecule has 0 aliphatic carbocycles. The van der Waals surface area contributed by atoms with E-state index in [9.17, 15) is 0 Å². The third-order valence-corrected chi connectivity index (χ3v) is 2.68. The number of hydrogen-bond acceptors (Lipinski definition) is 2. The molecule has 0 aliphatic heterocycles. The van der Waals surface area contributed by atoms with Crippen LogP contribution in [0.1, 0.15) is 25.0 Å². The molecule has 0 bridgehead atoms. The minimum Gasteiger partial charge on any atom is -0.383 e. The molecular formula is C16H25NO. The Balaban J connectivity index is 2.32. The van der Waals surface area contributed by atoms with Gasteiger partial charge in [-0.1, -0.05) is 50.3 Å². The third kappa shape index (κ3) is 6.58. The van der Waals surface area contributed by atoms with Crippen molar-refractivity contribution in [1.82, 2.24) is 5.32 Å². The molecule has 1 aromatic carbocycles. The first kappa shape index (κ1) is 14.9. The zero-order chi connectivity index (χ0) is 13.2. The second-order valence-electron chi connectivity index (χ2n) is 4.94. The van der Waals surface area contributed by atoms with Crippen molar-refractivity contribution in [3.05, 3.63) is 41.5 Å². The largest absolute Gasteiger partial charge is 0.383 e. The molecule has 0 radical (unpaired) electrons. The fourth-order valence-corrected chi connectivity index (χ4v) is 1.79. The lowest BCUT2D eigenvalue weighted by molar-refractivity contribution is 0.200. The summed E-state index contributed by atoms with van der Waals surface area (Å²) in [5.74, 6) is 0.719. The molecular weight excluding hydrogens is 222 g/mol. The van der Waals surface area contributed by atoms with Crippen LogP contribution in [0.2, 0.25) is 0 Å². The van der Waals surface area contributed by atoms with Gasteiger partial charge in [0, 0.05) is 20.2 Å². The van der Waals surface area contributed by atoms with Crippen molar-refractivity contribution in [3.63, 3.8) is 0 Å². The Morgan fingerprint density at radius 3 is 2.56 bits per heavy atom. The lowest BCUT2D eigenvalue weighted by Gasteiger charge is -2.04. The van der Waals surface area contributed by atoms with Gasteiger partial charge in [0.05, 0.1) is 6.61 Å². The van der Waals surface area contributed by atoms with E-state index in [0.29, 0.717) is 0 Å². The van der Waals surface area contributed by atoms with E-state index < -0.39 is 0 Å². The lowest BCUT2D eigenvalue weighted by Crippen LogP contribution is -2.18. The first-order valence-corrected chi connectivity index (χ1v) is 6.67. The highest BCUT2D eigenvalue weighted by atomic mass is 16.5. The molecule has 0 aromatic heterocycles. The average molecular weight is 247 g/mol. The molecule has 2 heteroatoms. The van der Waals surface area contributed by atoms with E-state index in [4.69, 9.17) is 4.74 Å². The summed E-state index contributed by atoms with van der Waals surface area (Å²) in [6, 6.07) is 8.81. The van der Waals surface area contributed by atoms with E-state index in [1.807, 2.05) is 0 Å². The van der Waals surface area contributed by atoms with Gasteiger partial charge in [-0.3, -0.25) is 0 Å². The summed E-state index contributed by atoms with van der Waals surface area (Å²) in [6.07, 6.45) is 5.45. The highest BCUT2D eigenvalue weighted by molar-refractivity contribution is 5.49. The van der Waals surface area contributed by atoms with Gasteiger partial charge in [-0.05, 0) is 23.5 Å². The Morgan fingerprint density at radius 1 is 1.22 bits per heavy atom. The molecule has 0 saturated carbocycles. The molecule has 18 heavy (non-hydrogen) atoms. The van der Waals surface area contributed by atoms with E-state index in [1.165, 1.54) is 11.1 Å². The number of ether oxygens (including phenoxy) is 1. The maximum absolute atomic E-state index is 4.96. The summed E-state index contributed by atoms with van der Waals surface area (Å²) >= 11 is 0. The van der Waals surface area contributed by atoms with Crippen molar-refractivity contribution in [2.75, 3.05) is 26.8 Å². The Labute approximate surface area is 111 Å². The fourth-order valence-electron chi connectivity index (χ4n) is 1.79. The summed E-state index contributed by atoms with van der Waals surface area (Å²) in [7, 11) is 1.72. The minimum absolute atomic E-state index is 0.719. The molecule has 0 spiro atoms. The van der Waals surface area contributed by atoms with Gasteiger partial charge in [0.1, 0.15) is 0 Å². The van der Waals surface area contributed by atoms with Crippen LogP contribution in [0.15, 0.2) is 30.3 Å². The third-order valence-electron chi connectivity index (χ3n) is 2.68. The van der Waals surface area contributed by atoms with Crippen LogP contribution in [0.25, 0.3) is 6.08 Å². The predicted octanol–water partition coefficient (Wildman–Crippen LogP) is 3.13. The Hall–Kier alpha value is -1.12. The van der Waals surface area contributed by atoms with Crippen molar-refractivity contribution >= 4 is 6.08 Å². The van der Waals surface area contributed by atoms with E-state index in [0.717, 1.165) is 32.0 Å². The first-order valence-electron chi connectivity index (χ1n) is 6.67. The second kappa shape index (κ2) is 8.90. The molecule has 0 aliphatic rings. The smallest absolute Gasteiger partial charge is 0.0587 e. The van der Waals surface area contributed by atoms with E-state index >= 15 is 0 Å². The molecule has 1 N–H and O–H groups in total. The molecule has 0 heterocycles. The maximum atomic E-state index is 4.96. The fraction of sp³-hybridized carbons (Fsp3) is 0.500. The molecule has 2 nitrogen and oxygen atoms in total. The zero-order valence-electron chi connectivity index (χ0n) is 11.8. The van der Waals surface area contributed by atoms with Crippen LogP contribution in [0.5, 0.6) is 0 Å². The van der Waals surface area contributed by atoms with Gasteiger partial charge in [-0.2, -0.15) is 0 Å². The summed E-state index contributed by atoms with van der Waals surface area (Å²) in [4.78, 5) is 0. The van der Waals surface area contributed by atoms with Crippen LogP contribution >= 0.6 is 0 Å². The van der Waals surface area contributed by atoms with Crippen LogP contribution in [0, 0.1) is 5.92 Å². The zero-order valence-corrected chi connectivity index (χ0v) is 11.8.